The Balaban J connectivity index is 2.43. The molecule has 104 valence electrons. The van der Waals surface area contributed by atoms with Crippen molar-refractivity contribution in [3.8, 4) is 0 Å². The van der Waals surface area contributed by atoms with Crippen molar-refractivity contribution in [1.29, 1.82) is 0 Å². The van der Waals surface area contributed by atoms with Crippen LogP contribution >= 0.6 is 0 Å². The Kier molecular flexibility index (Phi) is 3.85. The third kappa shape index (κ3) is 2.76. The zero-order valence-electron chi connectivity index (χ0n) is 11.0. The van der Waals surface area contributed by atoms with Crippen molar-refractivity contribution in [2.45, 2.75) is 38.3 Å². The number of halogens is 2. The molecule has 2 rings (SSSR count). The average molecular weight is 269 g/mol. The molecule has 1 aromatic carbocycles. The topological polar surface area (TPSA) is 38.3 Å². The van der Waals surface area contributed by atoms with Gasteiger partial charge in [0, 0.05) is 6.04 Å². The molecular formula is C14H17F2NO2. The molecule has 0 bridgehead atoms. The Bertz CT molecular complexity index is 468. The largest absolute Gasteiger partial charge is 0.464 e. The Morgan fingerprint density at radius 2 is 2.00 bits per heavy atom. The minimum atomic E-state index is -1.49. The number of carbonyl (C=O) groups is 1. The molecule has 3 nitrogen and oxygen atoms in total. The number of carbonyl (C=O) groups excluding carboxylic acids is 1. The predicted molar refractivity (Wildman–Crippen MR) is 66.5 cm³/mol. The first-order chi connectivity index (χ1) is 8.99. The number of hydrogen-bond donors (Lipinski definition) is 1. The van der Waals surface area contributed by atoms with Gasteiger partial charge in [-0.05, 0) is 38.8 Å². The van der Waals surface area contributed by atoms with Gasteiger partial charge in [-0.3, -0.25) is 5.32 Å². The summed E-state index contributed by atoms with van der Waals surface area (Å²) in [7, 11) is 0. The average Bonchev–Trinajstić information content (AvgIpc) is 3.12. The molecule has 0 heterocycles. The smallest absolute Gasteiger partial charge is 0.330 e. The Hall–Kier alpha value is -1.49. The van der Waals surface area contributed by atoms with Crippen molar-refractivity contribution < 1.29 is 18.3 Å². The molecule has 5 heteroatoms. The van der Waals surface area contributed by atoms with Crippen molar-refractivity contribution in [2.75, 3.05) is 6.61 Å². The van der Waals surface area contributed by atoms with Gasteiger partial charge in [0.2, 0.25) is 0 Å². The third-order valence-electron chi connectivity index (χ3n) is 3.22. The first kappa shape index (κ1) is 13.9. The van der Waals surface area contributed by atoms with E-state index < -0.39 is 23.1 Å². The maximum absolute atomic E-state index is 13.9. The lowest BCUT2D eigenvalue weighted by Crippen LogP contribution is -2.50. The molecule has 1 aromatic rings. The molecule has 0 amide bonds. The Morgan fingerprint density at radius 1 is 1.42 bits per heavy atom. The van der Waals surface area contributed by atoms with E-state index in [1.165, 1.54) is 13.0 Å². The van der Waals surface area contributed by atoms with Crippen LogP contribution in [0.2, 0.25) is 0 Å². The molecule has 19 heavy (non-hydrogen) atoms. The second-order valence-corrected chi connectivity index (χ2v) is 4.86. The van der Waals surface area contributed by atoms with E-state index in [1.54, 1.807) is 6.92 Å². The first-order valence-electron chi connectivity index (χ1n) is 6.38. The first-order valence-corrected chi connectivity index (χ1v) is 6.38. The molecule has 0 aromatic heterocycles. The fraction of sp³-hybridized carbons (Fsp3) is 0.500. The second kappa shape index (κ2) is 5.25. The van der Waals surface area contributed by atoms with Gasteiger partial charge in [-0.15, -0.1) is 0 Å². The molecule has 0 saturated heterocycles. The van der Waals surface area contributed by atoms with E-state index in [9.17, 15) is 13.6 Å². The van der Waals surface area contributed by atoms with E-state index in [-0.39, 0.29) is 18.2 Å². The lowest BCUT2D eigenvalue weighted by molar-refractivity contribution is -0.151. The zero-order chi connectivity index (χ0) is 14.0. The standard InChI is InChI=1S/C14H17F2NO2/c1-3-19-13(18)14(2,17-9-7-8-9)12-10(15)5-4-6-11(12)16/h4-6,9,17H,3,7-8H2,1-2H3. The molecular weight excluding hydrogens is 252 g/mol. The number of esters is 1. The molecule has 1 N–H and O–H groups in total. The highest BCUT2D eigenvalue weighted by Gasteiger charge is 2.44. The van der Waals surface area contributed by atoms with Gasteiger partial charge in [-0.2, -0.15) is 0 Å². The molecule has 1 fully saturated rings. The fourth-order valence-corrected chi connectivity index (χ4v) is 2.12. The van der Waals surface area contributed by atoms with E-state index in [0.717, 1.165) is 25.0 Å². The summed E-state index contributed by atoms with van der Waals surface area (Å²) in [5, 5.41) is 3.00. The molecule has 0 radical (unpaired) electrons. The highest BCUT2D eigenvalue weighted by Crippen LogP contribution is 2.32. The van der Waals surface area contributed by atoms with Gasteiger partial charge in [0.25, 0.3) is 0 Å². The summed E-state index contributed by atoms with van der Waals surface area (Å²) in [5.41, 5.74) is -1.77. The molecule has 0 spiro atoms. The number of benzene rings is 1. The van der Waals surface area contributed by atoms with Crippen LogP contribution in [0, 0.1) is 11.6 Å². The van der Waals surface area contributed by atoms with Crippen LogP contribution < -0.4 is 5.32 Å². The van der Waals surface area contributed by atoms with E-state index in [1.807, 2.05) is 0 Å². The fourth-order valence-electron chi connectivity index (χ4n) is 2.12. The number of rotatable bonds is 5. The van der Waals surface area contributed by atoms with Crippen LogP contribution in [0.25, 0.3) is 0 Å². The summed E-state index contributed by atoms with van der Waals surface area (Å²) in [5.74, 6) is -2.15. The summed E-state index contributed by atoms with van der Waals surface area (Å²) in [6, 6.07) is 3.67. The monoisotopic (exact) mass is 269 g/mol. The lowest BCUT2D eigenvalue weighted by Gasteiger charge is -2.29. The predicted octanol–water partition coefficient (Wildman–Crippen LogP) is 2.50. The third-order valence-corrected chi connectivity index (χ3v) is 3.22. The van der Waals surface area contributed by atoms with Crippen molar-refractivity contribution in [1.82, 2.24) is 5.32 Å². The van der Waals surface area contributed by atoms with Gasteiger partial charge in [-0.25, -0.2) is 13.6 Å². The van der Waals surface area contributed by atoms with Gasteiger partial charge in [-0.1, -0.05) is 6.07 Å². The quantitative estimate of drug-likeness (QED) is 0.835. The Labute approximate surface area is 111 Å². The molecule has 1 aliphatic rings. The van der Waals surface area contributed by atoms with Gasteiger partial charge in [0.15, 0.2) is 0 Å². The maximum Gasteiger partial charge on any atom is 0.330 e. The molecule has 1 saturated carbocycles. The van der Waals surface area contributed by atoms with Crippen LogP contribution in [0.4, 0.5) is 8.78 Å². The number of hydrogen-bond acceptors (Lipinski definition) is 3. The van der Waals surface area contributed by atoms with Crippen LogP contribution in [0.5, 0.6) is 0 Å². The van der Waals surface area contributed by atoms with Gasteiger partial charge >= 0.3 is 5.97 Å². The highest BCUT2D eigenvalue weighted by atomic mass is 19.1. The minimum absolute atomic E-state index is 0.105. The van der Waals surface area contributed by atoms with E-state index in [2.05, 4.69) is 5.32 Å². The molecule has 0 aliphatic heterocycles. The normalized spacial score (nSPS) is 17.9. The van der Waals surface area contributed by atoms with Crippen molar-refractivity contribution in [2.24, 2.45) is 0 Å². The minimum Gasteiger partial charge on any atom is -0.464 e. The van der Waals surface area contributed by atoms with E-state index >= 15 is 0 Å². The van der Waals surface area contributed by atoms with Gasteiger partial charge < -0.3 is 4.74 Å². The summed E-state index contributed by atoms with van der Waals surface area (Å²) >= 11 is 0. The molecule has 1 aliphatic carbocycles. The second-order valence-electron chi connectivity index (χ2n) is 4.86. The van der Waals surface area contributed by atoms with Crippen LogP contribution in [-0.4, -0.2) is 18.6 Å². The van der Waals surface area contributed by atoms with Crippen molar-refractivity contribution in [3.63, 3.8) is 0 Å². The zero-order valence-corrected chi connectivity index (χ0v) is 11.0. The van der Waals surface area contributed by atoms with Crippen molar-refractivity contribution in [3.05, 3.63) is 35.4 Å². The van der Waals surface area contributed by atoms with E-state index in [0.29, 0.717) is 0 Å². The summed E-state index contributed by atoms with van der Waals surface area (Å²) in [6.45, 7) is 3.29. The number of nitrogens with one attached hydrogen (secondary N) is 1. The Morgan fingerprint density at radius 3 is 2.47 bits per heavy atom. The number of ether oxygens (including phenoxy) is 1. The van der Waals surface area contributed by atoms with Gasteiger partial charge in [0.05, 0.1) is 12.2 Å². The summed E-state index contributed by atoms with van der Waals surface area (Å²) in [4.78, 5) is 12.1. The molecule has 1 atom stereocenters. The van der Waals surface area contributed by atoms with Crippen LogP contribution in [-0.2, 0) is 15.1 Å². The SMILES string of the molecule is CCOC(=O)C(C)(NC1CC1)c1c(F)cccc1F. The van der Waals surface area contributed by atoms with Crippen LogP contribution in [0.15, 0.2) is 18.2 Å². The highest BCUT2D eigenvalue weighted by molar-refractivity contribution is 5.82. The van der Waals surface area contributed by atoms with E-state index in [4.69, 9.17) is 4.74 Å². The van der Waals surface area contributed by atoms with Gasteiger partial charge in [0.1, 0.15) is 17.2 Å². The maximum atomic E-state index is 13.9. The summed E-state index contributed by atoms with van der Waals surface area (Å²) in [6.07, 6.45) is 1.79. The van der Waals surface area contributed by atoms with Crippen LogP contribution in [0.1, 0.15) is 32.3 Å². The lowest BCUT2D eigenvalue weighted by atomic mass is 9.90. The van der Waals surface area contributed by atoms with Crippen LogP contribution in [0.3, 0.4) is 0 Å². The van der Waals surface area contributed by atoms with Crippen molar-refractivity contribution >= 4 is 5.97 Å². The summed E-state index contributed by atoms with van der Waals surface area (Å²) < 4.78 is 32.8. The molecule has 1 unspecified atom stereocenters.